The number of thioether (sulfide) groups is 1. The first-order valence-electron chi connectivity index (χ1n) is 8.09. The number of aliphatic imine (C=N–C) groups is 1. The second kappa shape index (κ2) is 9.62. The molecule has 0 aromatic heterocycles. The number of nitrogens with zero attached hydrogens (tertiary/aromatic N) is 1. The quantitative estimate of drug-likeness (QED) is 0.599. The van der Waals surface area contributed by atoms with Gasteiger partial charge in [-0.2, -0.15) is 11.8 Å². The normalized spacial score (nSPS) is 18.3. The van der Waals surface area contributed by atoms with Gasteiger partial charge in [0.2, 0.25) is 0 Å². The summed E-state index contributed by atoms with van der Waals surface area (Å²) in [5, 5.41) is 7.54. The second-order valence-electron chi connectivity index (χ2n) is 5.35. The van der Waals surface area contributed by atoms with E-state index in [-0.39, 0.29) is 0 Å². The molecule has 0 amide bonds. The van der Waals surface area contributed by atoms with Crippen LogP contribution >= 0.6 is 11.8 Å². The summed E-state index contributed by atoms with van der Waals surface area (Å²) in [5.74, 6) is 3.14. The van der Waals surface area contributed by atoms with Crippen LogP contribution in [-0.2, 0) is 6.42 Å². The van der Waals surface area contributed by atoms with Crippen molar-refractivity contribution in [3.8, 4) is 5.75 Å². The molecule has 0 bridgehead atoms. The molecule has 1 atom stereocenters. The molecule has 0 radical (unpaired) electrons. The average molecular weight is 321 g/mol. The Bertz CT molecular complexity index is 473. The lowest BCUT2D eigenvalue weighted by atomic mass is 10.1. The molecule has 4 nitrogen and oxygen atoms in total. The zero-order valence-corrected chi connectivity index (χ0v) is 14.4. The second-order valence-corrected chi connectivity index (χ2v) is 6.75. The highest BCUT2D eigenvalue weighted by molar-refractivity contribution is 8.00. The van der Waals surface area contributed by atoms with Crippen LogP contribution in [0.1, 0.15) is 25.3 Å². The van der Waals surface area contributed by atoms with Crippen molar-refractivity contribution >= 4 is 17.7 Å². The first-order valence-corrected chi connectivity index (χ1v) is 9.14. The summed E-state index contributed by atoms with van der Waals surface area (Å²) in [4.78, 5) is 4.29. The van der Waals surface area contributed by atoms with Crippen LogP contribution in [0.5, 0.6) is 5.75 Å². The van der Waals surface area contributed by atoms with Crippen molar-refractivity contribution in [3.63, 3.8) is 0 Å². The summed E-state index contributed by atoms with van der Waals surface area (Å²) >= 11 is 2.06. The molecule has 0 spiro atoms. The van der Waals surface area contributed by atoms with Crippen LogP contribution in [0.3, 0.4) is 0 Å². The zero-order valence-electron chi connectivity index (χ0n) is 13.6. The van der Waals surface area contributed by atoms with E-state index in [1.54, 1.807) is 0 Å². The topological polar surface area (TPSA) is 45.6 Å². The zero-order chi connectivity index (χ0) is 15.6. The lowest BCUT2D eigenvalue weighted by Crippen LogP contribution is -2.40. The lowest BCUT2D eigenvalue weighted by molar-refractivity contribution is 0.340. The Hall–Kier alpha value is -1.36. The van der Waals surface area contributed by atoms with Crippen molar-refractivity contribution in [2.75, 3.05) is 32.5 Å². The lowest BCUT2D eigenvalue weighted by Gasteiger charge is -2.15. The molecule has 1 heterocycles. The van der Waals surface area contributed by atoms with Crippen molar-refractivity contribution < 1.29 is 4.74 Å². The highest BCUT2D eigenvalue weighted by Crippen LogP contribution is 2.25. The van der Waals surface area contributed by atoms with Crippen LogP contribution < -0.4 is 15.4 Å². The number of hydrogen-bond donors (Lipinski definition) is 2. The molecular formula is C17H27N3OS. The van der Waals surface area contributed by atoms with Gasteiger partial charge in [-0.05, 0) is 49.6 Å². The monoisotopic (exact) mass is 321 g/mol. The van der Waals surface area contributed by atoms with Crippen molar-refractivity contribution in [1.29, 1.82) is 0 Å². The van der Waals surface area contributed by atoms with Crippen LogP contribution in [0, 0.1) is 0 Å². The smallest absolute Gasteiger partial charge is 0.191 e. The molecular weight excluding hydrogens is 294 g/mol. The van der Waals surface area contributed by atoms with E-state index in [0.29, 0.717) is 6.61 Å². The Kier molecular flexibility index (Phi) is 7.43. The summed E-state index contributed by atoms with van der Waals surface area (Å²) in [6, 6.07) is 8.29. The molecule has 2 N–H and O–H groups in total. The van der Waals surface area contributed by atoms with Gasteiger partial charge in [0.05, 0.1) is 6.61 Å². The number of nitrogens with one attached hydrogen (secondary N) is 2. The Balaban J connectivity index is 1.70. The molecule has 1 aromatic rings. The van der Waals surface area contributed by atoms with Crippen LogP contribution in [-0.4, -0.2) is 43.7 Å². The molecule has 0 saturated carbocycles. The van der Waals surface area contributed by atoms with E-state index in [0.717, 1.165) is 36.5 Å². The van der Waals surface area contributed by atoms with E-state index in [2.05, 4.69) is 39.5 Å². The predicted molar refractivity (Wildman–Crippen MR) is 96.2 cm³/mol. The summed E-state index contributed by atoms with van der Waals surface area (Å²) in [6.45, 7) is 4.58. The third-order valence-electron chi connectivity index (χ3n) is 3.66. The minimum absolute atomic E-state index is 0.706. The highest BCUT2D eigenvalue weighted by atomic mass is 32.2. The maximum atomic E-state index is 5.53. The van der Waals surface area contributed by atoms with Crippen LogP contribution in [0.25, 0.3) is 0 Å². The van der Waals surface area contributed by atoms with Gasteiger partial charge in [-0.25, -0.2) is 0 Å². The van der Waals surface area contributed by atoms with E-state index in [9.17, 15) is 0 Å². The number of guanidine groups is 1. The van der Waals surface area contributed by atoms with Crippen molar-refractivity contribution in [2.24, 2.45) is 4.99 Å². The fraction of sp³-hybridized carbons (Fsp3) is 0.588. The summed E-state index contributed by atoms with van der Waals surface area (Å²) in [7, 11) is 1.83. The summed E-state index contributed by atoms with van der Waals surface area (Å²) < 4.78 is 5.53. The SMILES string of the molecule is CCOc1cccc(CCNC(=NC)NCC2CCCS2)c1. The Morgan fingerprint density at radius 3 is 3.05 bits per heavy atom. The van der Waals surface area contributed by atoms with Crippen LogP contribution in [0.15, 0.2) is 29.3 Å². The largest absolute Gasteiger partial charge is 0.494 e. The summed E-state index contributed by atoms with van der Waals surface area (Å²) in [6.07, 6.45) is 3.62. The molecule has 1 aromatic carbocycles. The summed E-state index contributed by atoms with van der Waals surface area (Å²) in [5.41, 5.74) is 1.28. The maximum Gasteiger partial charge on any atom is 0.191 e. The number of benzene rings is 1. The number of ether oxygens (including phenoxy) is 1. The molecule has 22 heavy (non-hydrogen) atoms. The van der Waals surface area contributed by atoms with Crippen LogP contribution in [0.2, 0.25) is 0 Å². The molecule has 122 valence electrons. The third kappa shape index (κ3) is 5.79. The predicted octanol–water partition coefficient (Wildman–Crippen LogP) is 2.69. The van der Waals surface area contributed by atoms with Gasteiger partial charge in [-0.1, -0.05) is 12.1 Å². The van der Waals surface area contributed by atoms with E-state index in [4.69, 9.17) is 4.74 Å². The first kappa shape index (κ1) is 17.0. The molecule has 1 saturated heterocycles. The first-order chi connectivity index (χ1) is 10.8. The molecule has 0 aliphatic carbocycles. The fourth-order valence-electron chi connectivity index (χ4n) is 2.52. The number of rotatable bonds is 7. The van der Waals surface area contributed by atoms with E-state index >= 15 is 0 Å². The Labute approximate surface area is 138 Å². The van der Waals surface area contributed by atoms with Crippen LogP contribution in [0.4, 0.5) is 0 Å². The molecule has 2 rings (SSSR count). The minimum atomic E-state index is 0.706. The maximum absolute atomic E-state index is 5.53. The van der Waals surface area contributed by atoms with Gasteiger partial charge in [0, 0.05) is 25.4 Å². The van der Waals surface area contributed by atoms with Gasteiger partial charge in [-0.15, -0.1) is 0 Å². The molecule has 1 aliphatic rings. The minimum Gasteiger partial charge on any atom is -0.494 e. The van der Waals surface area contributed by atoms with Gasteiger partial charge < -0.3 is 15.4 Å². The fourth-order valence-corrected chi connectivity index (χ4v) is 3.72. The molecule has 1 fully saturated rings. The standard InChI is InChI=1S/C17H27N3OS/c1-3-21-15-7-4-6-14(12-15)9-10-19-17(18-2)20-13-16-8-5-11-22-16/h4,6-7,12,16H,3,5,8-11,13H2,1-2H3,(H2,18,19,20). The van der Waals surface area contributed by atoms with Gasteiger partial charge in [0.1, 0.15) is 5.75 Å². The Morgan fingerprint density at radius 2 is 2.32 bits per heavy atom. The molecule has 1 unspecified atom stereocenters. The third-order valence-corrected chi connectivity index (χ3v) is 5.06. The van der Waals surface area contributed by atoms with Gasteiger partial charge in [0.15, 0.2) is 5.96 Å². The number of hydrogen-bond acceptors (Lipinski definition) is 3. The van der Waals surface area contributed by atoms with Crippen molar-refractivity contribution in [1.82, 2.24) is 10.6 Å². The molecule has 5 heteroatoms. The van der Waals surface area contributed by atoms with E-state index in [1.807, 2.05) is 26.1 Å². The van der Waals surface area contributed by atoms with Crippen molar-refractivity contribution in [2.45, 2.75) is 31.4 Å². The van der Waals surface area contributed by atoms with E-state index in [1.165, 1.54) is 24.2 Å². The van der Waals surface area contributed by atoms with Gasteiger partial charge >= 0.3 is 0 Å². The average Bonchev–Trinajstić information content (AvgIpc) is 3.05. The van der Waals surface area contributed by atoms with E-state index < -0.39 is 0 Å². The molecule has 1 aliphatic heterocycles. The van der Waals surface area contributed by atoms with Gasteiger partial charge in [0.25, 0.3) is 0 Å². The van der Waals surface area contributed by atoms with Gasteiger partial charge in [-0.3, -0.25) is 4.99 Å². The van der Waals surface area contributed by atoms with Crippen molar-refractivity contribution in [3.05, 3.63) is 29.8 Å². The Morgan fingerprint density at radius 1 is 1.41 bits per heavy atom. The highest BCUT2D eigenvalue weighted by Gasteiger charge is 2.15.